The molecule has 15 heavy (non-hydrogen) atoms. The molecule has 3 rings (SSSR count). The lowest BCUT2D eigenvalue weighted by Crippen LogP contribution is -1.94. The number of aromatic nitrogens is 2. The molecule has 2 heterocycles. The molecule has 1 aromatic carbocycles. The third-order valence-corrected chi connectivity index (χ3v) is 2.52. The topological polar surface area (TPSA) is 68.9 Å². The molecule has 0 atom stereocenters. The lowest BCUT2D eigenvalue weighted by Gasteiger charge is -1.90. The van der Waals surface area contributed by atoms with Gasteiger partial charge in [0.15, 0.2) is 0 Å². The molecule has 0 unspecified atom stereocenters. The molecule has 0 saturated carbocycles. The van der Waals surface area contributed by atoms with Gasteiger partial charge < -0.3 is 15.1 Å². The van der Waals surface area contributed by atoms with Crippen LogP contribution in [0.15, 0.2) is 30.5 Å². The number of aromatic carboxylic acids is 1. The summed E-state index contributed by atoms with van der Waals surface area (Å²) in [6.45, 7) is 0. The van der Waals surface area contributed by atoms with Crippen LogP contribution in [-0.4, -0.2) is 21.0 Å². The number of H-pyrrole nitrogens is 2. The van der Waals surface area contributed by atoms with E-state index in [4.69, 9.17) is 5.11 Å². The van der Waals surface area contributed by atoms with Gasteiger partial charge in [0.25, 0.3) is 0 Å². The molecule has 0 bridgehead atoms. The fourth-order valence-corrected chi connectivity index (χ4v) is 1.80. The number of carboxylic acids is 1. The summed E-state index contributed by atoms with van der Waals surface area (Å²) in [5.41, 5.74) is 2.08. The number of benzene rings is 1. The summed E-state index contributed by atoms with van der Waals surface area (Å²) in [7, 11) is 0. The van der Waals surface area contributed by atoms with Crippen LogP contribution < -0.4 is 0 Å². The zero-order valence-corrected chi connectivity index (χ0v) is 7.74. The Kier molecular flexibility index (Phi) is 1.42. The molecular formula is C11H8N2O2. The predicted molar refractivity (Wildman–Crippen MR) is 57.1 cm³/mol. The molecule has 0 radical (unpaired) electrons. The molecule has 2 aromatic heterocycles. The van der Waals surface area contributed by atoms with E-state index in [1.165, 1.54) is 0 Å². The highest BCUT2D eigenvalue weighted by molar-refractivity contribution is 5.99. The fraction of sp³-hybridized carbons (Fsp3) is 0. The lowest BCUT2D eigenvalue weighted by molar-refractivity contribution is 0.0691. The van der Waals surface area contributed by atoms with E-state index in [-0.39, 0.29) is 5.69 Å². The van der Waals surface area contributed by atoms with E-state index >= 15 is 0 Å². The molecular weight excluding hydrogens is 192 g/mol. The minimum absolute atomic E-state index is 0.220. The molecule has 0 amide bonds. The number of carboxylic acid groups (broad SMARTS) is 1. The van der Waals surface area contributed by atoms with Gasteiger partial charge in [0.05, 0.1) is 0 Å². The van der Waals surface area contributed by atoms with Crippen molar-refractivity contribution in [2.45, 2.75) is 0 Å². The van der Waals surface area contributed by atoms with Gasteiger partial charge in [0.2, 0.25) is 0 Å². The molecule has 0 saturated heterocycles. The minimum atomic E-state index is -0.935. The summed E-state index contributed by atoms with van der Waals surface area (Å²) in [5, 5.41) is 10.8. The second-order valence-electron chi connectivity index (χ2n) is 3.49. The number of hydrogen-bond acceptors (Lipinski definition) is 1. The smallest absolute Gasteiger partial charge is 0.352 e. The quantitative estimate of drug-likeness (QED) is 0.564. The maximum atomic E-state index is 10.8. The van der Waals surface area contributed by atoms with E-state index in [9.17, 15) is 4.79 Å². The van der Waals surface area contributed by atoms with Crippen LogP contribution in [0.2, 0.25) is 0 Å². The van der Waals surface area contributed by atoms with Crippen LogP contribution in [0.5, 0.6) is 0 Å². The van der Waals surface area contributed by atoms with Gasteiger partial charge >= 0.3 is 5.97 Å². The SMILES string of the molecule is O=C(O)c1cc2cc3[nH]ccc3cc2[nH]1. The Bertz CT molecular complexity index is 615. The van der Waals surface area contributed by atoms with Crippen molar-refractivity contribution in [2.75, 3.05) is 0 Å². The zero-order chi connectivity index (χ0) is 10.4. The molecule has 74 valence electrons. The van der Waals surface area contributed by atoms with Gasteiger partial charge in [-0.3, -0.25) is 0 Å². The molecule has 4 heteroatoms. The first kappa shape index (κ1) is 8.11. The summed E-state index contributed by atoms with van der Waals surface area (Å²) < 4.78 is 0. The Labute approximate surface area is 84.5 Å². The van der Waals surface area contributed by atoms with Crippen molar-refractivity contribution in [3.63, 3.8) is 0 Å². The van der Waals surface area contributed by atoms with Crippen LogP contribution in [0.4, 0.5) is 0 Å². The van der Waals surface area contributed by atoms with Crippen LogP contribution in [0.1, 0.15) is 10.5 Å². The Morgan fingerprint density at radius 2 is 1.93 bits per heavy atom. The summed E-state index contributed by atoms with van der Waals surface area (Å²) in [6, 6.07) is 7.47. The highest BCUT2D eigenvalue weighted by Gasteiger charge is 2.08. The van der Waals surface area contributed by atoms with Crippen LogP contribution in [-0.2, 0) is 0 Å². The number of aromatic amines is 2. The highest BCUT2D eigenvalue weighted by atomic mass is 16.4. The molecule has 3 aromatic rings. The third-order valence-electron chi connectivity index (χ3n) is 2.52. The van der Waals surface area contributed by atoms with Gasteiger partial charge in [0.1, 0.15) is 5.69 Å². The molecule has 0 fully saturated rings. The Hall–Kier alpha value is -2.23. The summed E-state index contributed by atoms with van der Waals surface area (Å²) >= 11 is 0. The average molecular weight is 200 g/mol. The molecule has 0 spiro atoms. The third kappa shape index (κ3) is 1.11. The Morgan fingerprint density at radius 3 is 2.73 bits per heavy atom. The minimum Gasteiger partial charge on any atom is -0.477 e. The lowest BCUT2D eigenvalue weighted by atomic mass is 10.2. The van der Waals surface area contributed by atoms with Gasteiger partial charge in [-0.05, 0) is 24.3 Å². The number of rotatable bonds is 1. The first-order valence-electron chi connectivity index (χ1n) is 4.57. The molecule has 0 aliphatic carbocycles. The van der Waals surface area contributed by atoms with E-state index in [1.807, 2.05) is 24.4 Å². The molecule has 3 N–H and O–H groups in total. The fourth-order valence-electron chi connectivity index (χ4n) is 1.80. The van der Waals surface area contributed by atoms with Gasteiger partial charge in [-0.15, -0.1) is 0 Å². The van der Waals surface area contributed by atoms with Gasteiger partial charge in [-0.2, -0.15) is 0 Å². The number of hydrogen-bond donors (Lipinski definition) is 3. The van der Waals surface area contributed by atoms with Crippen LogP contribution in [0.25, 0.3) is 21.8 Å². The first-order chi connectivity index (χ1) is 7.24. The number of carbonyl (C=O) groups is 1. The van der Waals surface area contributed by atoms with E-state index in [0.717, 1.165) is 21.8 Å². The van der Waals surface area contributed by atoms with Crippen LogP contribution in [0, 0.1) is 0 Å². The van der Waals surface area contributed by atoms with Crippen molar-refractivity contribution >= 4 is 27.8 Å². The Morgan fingerprint density at radius 1 is 1.13 bits per heavy atom. The van der Waals surface area contributed by atoms with E-state index < -0.39 is 5.97 Å². The molecule has 4 nitrogen and oxygen atoms in total. The monoisotopic (exact) mass is 200 g/mol. The van der Waals surface area contributed by atoms with Crippen molar-refractivity contribution in [3.05, 3.63) is 36.2 Å². The van der Waals surface area contributed by atoms with E-state index in [1.54, 1.807) is 6.07 Å². The van der Waals surface area contributed by atoms with Gasteiger partial charge in [0, 0.05) is 28.0 Å². The highest BCUT2D eigenvalue weighted by Crippen LogP contribution is 2.22. The molecule has 0 aliphatic rings. The Balaban J connectivity index is 2.38. The zero-order valence-electron chi connectivity index (χ0n) is 7.74. The van der Waals surface area contributed by atoms with Crippen molar-refractivity contribution in [1.29, 1.82) is 0 Å². The second kappa shape index (κ2) is 2.63. The van der Waals surface area contributed by atoms with Crippen molar-refractivity contribution in [3.8, 4) is 0 Å². The summed E-state index contributed by atoms with van der Waals surface area (Å²) in [6.07, 6.45) is 1.86. The second-order valence-corrected chi connectivity index (χ2v) is 3.49. The number of fused-ring (bicyclic) bond motifs is 2. The van der Waals surface area contributed by atoms with Gasteiger partial charge in [-0.1, -0.05) is 0 Å². The standard InChI is InChI=1S/C11H8N2O2/c14-11(15)10-5-7-4-8-6(1-2-12-8)3-9(7)13-10/h1-5,12-13H,(H,14,15). The average Bonchev–Trinajstić information content (AvgIpc) is 2.77. The van der Waals surface area contributed by atoms with Crippen molar-refractivity contribution in [1.82, 2.24) is 9.97 Å². The maximum absolute atomic E-state index is 10.8. The van der Waals surface area contributed by atoms with Crippen molar-refractivity contribution in [2.24, 2.45) is 0 Å². The molecule has 0 aliphatic heterocycles. The maximum Gasteiger partial charge on any atom is 0.352 e. The largest absolute Gasteiger partial charge is 0.477 e. The van der Waals surface area contributed by atoms with Crippen LogP contribution >= 0.6 is 0 Å². The van der Waals surface area contributed by atoms with Crippen molar-refractivity contribution < 1.29 is 9.90 Å². The van der Waals surface area contributed by atoms with Gasteiger partial charge in [-0.25, -0.2) is 4.79 Å². The summed E-state index contributed by atoms with van der Waals surface area (Å²) in [4.78, 5) is 16.7. The number of nitrogens with one attached hydrogen (secondary N) is 2. The van der Waals surface area contributed by atoms with Crippen LogP contribution in [0.3, 0.4) is 0 Å². The van der Waals surface area contributed by atoms with E-state index in [2.05, 4.69) is 9.97 Å². The first-order valence-corrected chi connectivity index (χ1v) is 4.57. The van der Waals surface area contributed by atoms with E-state index in [0.29, 0.717) is 0 Å². The normalized spacial score (nSPS) is 11.2. The predicted octanol–water partition coefficient (Wildman–Crippen LogP) is 2.35. The summed E-state index contributed by atoms with van der Waals surface area (Å²) in [5.74, 6) is -0.935.